The first-order chi connectivity index (χ1) is 12.7. The monoisotopic (exact) mass is 355 g/mol. The number of piperidine rings is 1. The molecule has 26 heavy (non-hydrogen) atoms. The largest absolute Gasteiger partial charge is 0.497 e. The lowest BCUT2D eigenvalue weighted by Gasteiger charge is -2.35. The number of rotatable bonds is 5. The number of nitrogens with zero attached hydrogens (tertiary/aromatic N) is 4. The Labute approximate surface area is 153 Å². The second-order valence-electron chi connectivity index (χ2n) is 7.15. The normalized spacial score (nSPS) is 20.0. The van der Waals surface area contributed by atoms with E-state index in [-0.39, 0.29) is 12.1 Å². The maximum absolute atomic E-state index is 12.9. The van der Waals surface area contributed by atoms with Gasteiger partial charge in [0.25, 0.3) is 0 Å². The Morgan fingerprint density at radius 1 is 1.31 bits per heavy atom. The molecule has 1 N–H and O–H groups in total. The molecule has 1 aliphatic carbocycles. The molecule has 2 fully saturated rings. The van der Waals surface area contributed by atoms with E-state index in [0.29, 0.717) is 0 Å². The Kier molecular flexibility index (Phi) is 4.77. The lowest BCUT2D eigenvalue weighted by molar-refractivity contribution is 0.157. The zero-order chi connectivity index (χ0) is 17.9. The van der Waals surface area contributed by atoms with E-state index in [0.717, 1.165) is 55.5 Å². The Bertz CT molecular complexity index is 771. The van der Waals surface area contributed by atoms with Gasteiger partial charge in [0, 0.05) is 24.8 Å². The van der Waals surface area contributed by atoms with Gasteiger partial charge >= 0.3 is 6.03 Å². The molecule has 1 aliphatic heterocycles. The molecule has 7 nitrogen and oxygen atoms in total. The third-order valence-corrected chi connectivity index (χ3v) is 5.18. The summed E-state index contributed by atoms with van der Waals surface area (Å²) < 4.78 is 7.37. The van der Waals surface area contributed by atoms with Crippen molar-refractivity contribution < 1.29 is 9.53 Å². The van der Waals surface area contributed by atoms with Crippen LogP contribution in [0.2, 0.25) is 0 Å². The quantitative estimate of drug-likeness (QED) is 0.891. The molecule has 2 aliphatic rings. The summed E-state index contributed by atoms with van der Waals surface area (Å²) in [6.07, 6.45) is 7.41. The highest BCUT2D eigenvalue weighted by Crippen LogP contribution is 2.34. The molecule has 1 aromatic heterocycles. The van der Waals surface area contributed by atoms with Gasteiger partial charge in [0.05, 0.1) is 13.2 Å². The smallest absolute Gasteiger partial charge is 0.322 e. The maximum Gasteiger partial charge on any atom is 0.322 e. The van der Waals surface area contributed by atoms with Gasteiger partial charge in [-0.3, -0.25) is 0 Å². The van der Waals surface area contributed by atoms with Crippen LogP contribution in [0, 0.1) is 5.92 Å². The van der Waals surface area contributed by atoms with Gasteiger partial charge in [-0.2, -0.15) is 0 Å². The third-order valence-electron chi connectivity index (χ3n) is 5.18. The number of anilines is 1. The predicted octanol–water partition coefficient (Wildman–Crippen LogP) is 3.46. The Balaban J connectivity index is 1.51. The minimum Gasteiger partial charge on any atom is -0.497 e. The highest BCUT2D eigenvalue weighted by molar-refractivity contribution is 5.89. The van der Waals surface area contributed by atoms with E-state index < -0.39 is 0 Å². The predicted molar refractivity (Wildman–Crippen MR) is 98.1 cm³/mol. The average molecular weight is 355 g/mol. The van der Waals surface area contributed by atoms with Gasteiger partial charge in [-0.05, 0) is 50.2 Å². The summed E-state index contributed by atoms with van der Waals surface area (Å²) in [4.78, 5) is 14.8. The van der Waals surface area contributed by atoms with Gasteiger partial charge in [-0.1, -0.05) is 6.07 Å². The highest BCUT2D eigenvalue weighted by atomic mass is 16.5. The van der Waals surface area contributed by atoms with Gasteiger partial charge in [-0.25, -0.2) is 4.79 Å². The molecule has 1 aromatic carbocycles. The van der Waals surface area contributed by atoms with Gasteiger partial charge in [-0.15, -0.1) is 10.2 Å². The van der Waals surface area contributed by atoms with E-state index >= 15 is 0 Å². The van der Waals surface area contributed by atoms with E-state index in [1.54, 1.807) is 13.4 Å². The fraction of sp³-hybridized carbons (Fsp3) is 0.526. The summed E-state index contributed by atoms with van der Waals surface area (Å²) in [5, 5.41) is 11.5. The van der Waals surface area contributed by atoms with Crippen molar-refractivity contribution in [3.05, 3.63) is 36.4 Å². The molecule has 7 heteroatoms. The molecule has 2 amide bonds. The fourth-order valence-electron chi connectivity index (χ4n) is 3.58. The molecular formula is C19H25N5O2. The number of aromatic nitrogens is 3. The van der Waals surface area contributed by atoms with Crippen molar-refractivity contribution in [2.75, 3.05) is 19.0 Å². The molecule has 1 saturated heterocycles. The molecule has 0 radical (unpaired) electrons. The van der Waals surface area contributed by atoms with Crippen LogP contribution in [0.5, 0.6) is 5.75 Å². The number of nitrogens with one attached hydrogen (secondary N) is 1. The van der Waals surface area contributed by atoms with Crippen LogP contribution in [0.3, 0.4) is 0 Å². The number of urea groups is 1. The molecule has 138 valence electrons. The van der Waals surface area contributed by atoms with Gasteiger partial charge in [0.15, 0.2) is 5.82 Å². The molecule has 1 unspecified atom stereocenters. The van der Waals surface area contributed by atoms with Crippen molar-refractivity contribution >= 4 is 11.7 Å². The molecule has 1 saturated carbocycles. The van der Waals surface area contributed by atoms with Crippen molar-refractivity contribution in [2.45, 2.75) is 44.7 Å². The zero-order valence-corrected chi connectivity index (χ0v) is 15.1. The van der Waals surface area contributed by atoms with Crippen molar-refractivity contribution in [3.63, 3.8) is 0 Å². The summed E-state index contributed by atoms with van der Waals surface area (Å²) >= 11 is 0. The number of likely N-dealkylation sites (tertiary alicyclic amines) is 1. The summed E-state index contributed by atoms with van der Waals surface area (Å²) in [7, 11) is 1.62. The molecule has 0 bridgehead atoms. The number of methoxy groups -OCH3 is 1. The summed E-state index contributed by atoms with van der Waals surface area (Å²) in [5.41, 5.74) is 0.734. The van der Waals surface area contributed by atoms with E-state index in [1.165, 1.54) is 12.8 Å². The minimum absolute atomic E-state index is 0.0180. The van der Waals surface area contributed by atoms with Gasteiger partial charge in [0.1, 0.15) is 12.1 Å². The molecule has 2 heterocycles. The molecule has 2 aromatic rings. The average Bonchev–Trinajstić information content (AvgIpc) is 3.37. The van der Waals surface area contributed by atoms with Crippen LogP contribution < -0.4 is 10.1 Å². The van der Waals surface area contributed by atoms with E-state index in [1.807, 2.05) is 29.2 Å². The summed E-state index contributed by atoms with van der Waals surface area (Å²) in [5.74, 6) is 2.38. The van der Waals surface area contributed by atoms with Crippen LogP contribution in [-0.4, -0.2) is 39.4 Å². The van der Waals surface area contributed by atoms with Gasteiger partial charge < -0.3 is 19.5 Å². The standard InChI is InChI=1S/C19H25N5O2/c1-26-16-6-4-5-15(11-16)21-19(25)24-10-3-2-7-17(24)18-22-20-13-23(18)12-14-8-9-14/h4-6,11,13-14,17H,2-3,7-10,12H2,1H3,(H,21,25). The van der Waals surface area contributed by atoms with Crippen LogP contribution in [-0.2, 0) is 6.54 Å². The first-order valence-corrected chi connectivity index (χ1v) is 9.34. The Morgan fingerprint density at radius 3 is 3.00 bits per heavy atom. The van der Waals surface area contributed by atoms with Crippen LogP contribution >= 0.6 is 0 Å². The Hall–Kier alpha value is -2.57. The summed E-state index contributed by atoms with van der Waals surface area (Å²) in [6.45, 7) is 1.70. The second kappa shape index (κ2) is 7.35. The van der Waals surface area contributed by atoms with Crippen LogP contribution in [0.1, 0.15) is 44.0 Å². The molecule has 4 rings (SSSR count). The van der Waals surface area contributed by atoms with Crippen LogP contribution in [0.25, 0.3) is 0 Å². The number of ether oxygens (including phenoxy) is 1. The maximum atomic E-state index is 12.9. The minimum atomic E-state index is -0.0936. The number of amides is 2. The SMILES string of the molecule is COc1cccc(NC(=O)N2CCCCC2c2nncn2CC2CC2)c1. The van der Waals surface area contributed by atoms with Crippen molar-refractivity contribution in [2.24, 2.45) is 5.92 Å². The number of hydrogen-bond donors (Lipinski definition) is 1. The lowest BCUT2D eigenvalue weighted by Crippen LogP contribution is -2.42. The lowest BCUT2D eigenvalue weighted by atomic mass is 10.0. The first kappa shape index (κ1) is 16.9. The van der Waals surface area contributed by atoms with Crippen molar-refractivity contribution in [1.82, 2.24) is 19.7 Å². The summed E-state index contributed by atoms with van der Waals surface area (Å²) in [6, 6.07) is 7.31. The van der Waals surface area contributed by atoms with Crippen molar-refractivity contribution in [1.29, 1.82) is 0 Å². The van der Waals surface area contributed by atoms with Gasteiger partial charge in [0.2, 0.25) is 0 Å². The fourth-order valence-corrected chi connectivity index (χ4v) is 3.58. The van der Waals surface area contributed by atoms with E-state index in [4.69, 9.17) is 4.74 Å². The van der Waals surface area contributed by atoms with E-state index in [9.17, 15) is 4.79 Å². The zero-order valence-electron chi connectivity index (χ0n) is 15.1. The number of benzene rings is 1. The molecule has 0 spiro atoms. The number of carbonyl (C=O) groups excluding carboxylic acids is 1. The third kappa shape index (κ3) is 3.66. The molecule has 1 atom stereocenters. The van der Waals surface area contributed by atoms with E-state index in [2.05, 4.69) is 20.1 Å². The topological polar surface area (TPSA) is 72.3 Å². The van der Waals surface area contributed by atoms with Crippen LogP contribution in [0.4, 0.5) is 10.5 Å². The Morgan fingerprint density at radius 2 is 2.19 bits per heavy atom. The number of carbonyl (C=O) groups is 1. The first-order valence-electron chi connectivity index (χ1n) is 9.34. The van der Waals surface area contributed by atoms with Crippen molar-refractivity contribution in [3.8, 4) is 5.75 Å². The highest BCUT2D eigenvalue weighted by Gasteiger charge is 2.33. The second-order valence-corrected chi connectivity index (χ2v) is 7.15. The molecular weight excluding hydrogens is 330 g/mol. The van der Waals surface area contributed by atoms with Crippen LogP contribution in [0.15, 0.2) is 30.6 Å². The number of hydrogen-bond acceptors (Lipinski definition) is 4.